The van der Waals surface area contributed by atoms with E-state index in [4.69, 9.17) is 0 Å². The Morgan fingerprint density at radius 2 is 2.12 bits per heavy atom. The molecular weight excluding hydrogens is 218 g/mol. The molecule has 0 unspecified atom stereocenters. The van der Waals surface area contributed by atoms with Gasteiger partial charge in [-0.25, -0.2) is 4.98 Å². The molecule has 0 aliphatic heterocycles. The van der Waals surface area contributed by atoms with E-state index >= 15 is 0 Å². The van der Waals surface area contributed by atoms with Crippen LogP contribution in [0.4, 0.5) is 0 Å². The van der Waals surface area contributed by atoms with Crippen molar-refractivity contribution in [3.63, 3.8) is 0 Å². The summed E-state index contributed by atoms with van der Waals surface area (Å²) in [6.45, 7) is 9.22. The van der Waals surface area contributed by atoms with Crippen molar-refractivity contribution in [1.82, 2.24) is 14.8 Å². The average molecular weight is 235 g/mol. The molecule has 0 amide bonds. The maximum atomic E-state index is 4.61. The highest BCUT2D eigenvalue weighted by Crippen LogP contribution is 2.19. The molecule has 0 saturated carbocycles. The Kier molecular flexibility index (Phi) is 3.10. The molecule has 86 valence electrons. The molecule has 0 atom stereocenters. The number of thiazole rings is 1. The van der Waals surface area contributed by atoms with Gasteiger partial charge in [0.25, 0.3) is 0 Å². The number of hydrogen-bond acceptors (Lipinski definition) is 3. The van der Waals surface area contributed by atoms with Gasteiger partial charge in [-0.3, -0.25) is 4.68 Å². The summed E-state index contributed by atoms with van der Waals surface area (Å²) in [5.41, 5.74) is 3.37. The van der Waals surface area contributed by atoms with Crippen LogP contribution in [0, 0.1) is 13.8 Å². The van der Waals surface area contributed by atoms with Crippen molar-refractivity contribution in [2.24, 2.45) is 0 Å². The highest BCUT2D eigenvalue weighted by Gasteiger charge is 2.08. The molecule has 4 heteroatoms. The summed E-state index contributed by atoms with van der Waals surface area (Å²) in [5, 5.41) is 7.78. The van der Waals surface area contributed by atoms with Crippen LogP contribution in [-0.2, 0) is 6.54 Å². The molecule has 16 heavy (non-hydrogen) atoms. The average Bonchev–Trinajstić information content (AvgIpc) is 2.75. The zero-order valence-electron chi connectivity index (χ0n) is 10.2. The van der Waals surface area contributed by atoms with Gasteiger partial charge in [-0.15, -0.1) is 11.3 Å². The predicted octanol–water partition coefficient (Wildman–Crippen LogP) is 3.13. The Bertz CT molecular complexity index is 482. The lowest BCUT2D eigenvalue weighted by molar-refractivity contribution is 0.646. The molecule has 0 N–H and O–H groups in total. The molecule has 2 aromatic heterocycles. The summed E-state index contributed by atoms with van der Waals surface area (Å²) in [6.07, 6.45) is 0. The highest BCUT2D eigenvalue weighted by atomic mass is 32.1. The molecule has 2 rings (SSSR count). The van der Waals surface area contributed by atoms with Crippen molar-refractivity contribution in [3.05, 3.63) is 33.5 Å². The molecule has 0 fully saturated rings. The Morgan fingerprint density at radius 3 is 2.62 bits per heavy atom. The molecule has 0 saturated heterocycles. The number of hydrogen-bond donors (Lipinski definition) is 0. The fourth-order valence-electron chi connectivity index (χ4n) is 1.65. The number of aromatic nitrogens is 3. The maximum Gasteiger partial charge on any atom is 0.0954 e. The lowest BCUT2D eigenvalue weighted by Gasteiger charge is -2.01. The summed E-state index contributed by atoms with van der Waals surface area (Å²) in [7, 11) is 0. The second-order valence-corrected chi connectivity index (χ2v) is 5.31. The quantitative estimate of drug-likeness (QED) is 0.818. The van der Waals surface area contributed by atoms with Crippen LogP contribution in [0.1, 0.15) is 41.9 Å². The second-order valence-electron chi connectivity index (χ2n) is 4.42. The van der Waals surface area contributed by atoms with Crippen molar-refractivity contribution in [1.29, 1.82) is 0 Å². The van der Waals surface area contributed by atoms with E-state index in [2.05, 4.69) is 42.3 Å². The summed E-state index contributed by atoms with van der Waals surface area (Å²) >= 11 is 1.74. The second kappa shape index (κ2) is 4.37. The standard InChI is InChI=1S/C12H17N3S/c1-8(2)12-13-11(7-16-12)6-15-10(4)5-9(3)14-15/h5,7-8H,6H2,1-4H3. The molecule has 0 spiro atoms. The van der Waals surface area contributed by atoms with E-state index in [9.17, 15) is 0 Å². The number of aryl methyl sites for hydroxylation is 2. The van der Waals surface area contributed by atoms with Crippen LogP contribution >= 0.6 is 11.3 Å². The van der Waals surface area contributed by atoms with Crippen molar-refractivity contribution in [3.8, 4) is 0 Å². The lowest BCUT2D eigenvalue weighted by atomic mass is 10.2. The van der Waals surface area contributed by atoms with Gasteiger partial charge in [0.1, 0.15) is 0 Å². The molecule has 0 aliphatic rings. The molecule has 0 radical (unpaired) electrons. The molecular formula is C12H17N3S. The van der Waals surface area contributed by atoms with E-state index < -0.39 is 0 Å². The van der Waals surface area contributed by atoms with Gasteiger partial charge in [0, 0.05) is 17.0 Å². The van der Waals surface area contributed by atoms with E-state index in [1.54, 1.807) is 11.3 Å². The fourth-order valence-corrected chi connectivity index (χ4v) is 2.48. The van der Waals surface area contributed by atoms with Crippen LogP contribution in [0.3, 0.4) is 0 Å². The first-order chi connectivity index (χ1) is 7.56. The van der Waals surface area contributed by atoms with Crippen LogP contribution in [0.5, 0.6) is 0 Å². The summed E-state index contributed by atoms with van der Waals surface area (Å²) in [6, 6.07) is 2.09. The monoisotopic (exact) mass is 235 g/mol. The number of rotatable bonds is 3. The van der Waals surface area contributed by atoms with Crippen LogP contribution in [0.2, 0.25) is 0 Å². The van der Waals surface area contributed by atoms with Crippen LogP contribution in [0.15, 0.2) is 11.4 Å². The lowest BCUT2D eigenvalue weighted by Crippen LogP contribution is -2.04. The first-order valence-corrected chi connectivity index (χ1v) is 6.39. The van der Waals surface area contributed by atoms with E-state index in [1.807, 2.05) is 11.6 Å². The summed E-state index contributed by atoms with van der Waals surface area (Å²) < 4.78 is 2.01. The van der Waals surface area contributed by atoms with Crippen molar-refractivity contribution >= 4 is 11.3 Å². The van der Waals surface area contributed by atoms with Gasteiger partial charge in [0.05, 0.1) is 22.9 Å². The van der Waals surface area contributed by atoms with Gasteiger partial charge in [-0.2, -0.15) is 5.10 Å². The van der Waals surface area contributed by atoms with Gasteiger partial charge < -0.3 is 0 Å². The van der Waals surface area contributed by atoms with Crippen molar-refractivity contribution in [2.75, 3.05) is 0 Å². The minimum absolute atomic E-state index is 0.513. The molecule has 0 aromatic carbocycles. The third kappa shape index (κ3) is 2.32. The largest absolute Gasteiger partial charge is 0.264 e. The predicted molar refractivity (Wildman–Crippen MR) is 67.0 cm³/mol. The van der Waals surface area contributed by atoms with E-state index in [0.29, 0.717) is 5.92 Å². The van der Waals surface area contributed by atoms with Crippen LogP contribution < -0.4 is 0 Å². The van der Waals surface area contributed by atoms with Gasteiger partial charge in [-0.1, -0.05) is 13.8 Å². The number of nitrogens with zero attached hydrogens (tertiary/aromatic N) is 3. The Labute approximate surface area is 100 Å². The van der Waals surface area contributed by atoms with Gasteiger partial charge in [0.2, 0.25) is 0 Å². The van der Waals surface area contributed by atoms with Crippen molar-refractivity contribution in [2.45, 2.75) is 40.2 Å². The minimum Gasteiger partial charge on any atom is -0.264 e. The summed E-state index contributed by atoms with van der Waals surface area (Å²) in [5.74, 6) is 0.513. The zero-order chi connectivity index (χ0) is 11.7. The minimum atomic E-state index is 0.513. The Balaban J connectivity index is 2.17. The van der Waals surface area contributed by atoms with Crippen molar-refractivity contribution < 1.29 is 0 Å². The first-order valence-electron chi connectivity index (χ1n) is 5.51. The Morgan fingerprint density at radius 1 is 1.38 bits per heavy atom. The molecule has 0 bridgehead atoms. The molecule has 3 nitrogen and oxygen atoms in total. The molecule has 2 aromatic rings. The molecule has 0 aliphatic carbocycles. The van der Waals surface area contributed by atoms with Gasteiger partial charge >= 0.3 is 0 Å². The van der Waals surface area contributed by atoms with Crippen LogP contribution in [-0.4, -0.2) is 14.8 Å². The van der Waals surface area contributed by atoms with Gasteiger partial charge in [-0.05, 0) is 19.9 Å². The van der Waals surface area contributed by atoms with Crippen LogP contribution in [0.25, 0.3) is 0 Å². The summed E-state index contributed by atoms with van der Waals surface area (Å²) in [4.78, 5) is 4.61. The topological polar surface area (TPSA) is 30.7 Å². The smallest absolute Gasteiger partial charge is 0.0954 e. The van der Waals surface area contributed by atoms with E-state index in [-0.39, 0.29) is 0 Å². The Hall–Kier alpha value is -1.16. The molecule has 2 heterocycles. The fraction of sp³-hybridized carbons (Fsp3) is 0.500. The normalized spacial score (nSPS) is 11.3. The third-order valence-corrected chi connectivity index (χ3v) is 3.67. The first kappa shape index (κ1) is 11.3. The van der Waals surface area contributed by atoms with E-state index in [0.717, 1.165) is 17.9 Å². The maximum absolute atomic E-state index is 4.61. The zero-order valence-corrected chi connectivity index (χ0v) is 11.0. The SMILES string of the molecule is Cc1cc(C)n(Cc2csc(C(C)C)n2)n1. The third-order valence-electron chi connectivity index (χ3n) is 2.48. The van der Waals surface area contributed by atoms with E-state index in [1.165, 1.54) is 10.7 Å². The van der Waals surface area contributed by atoms with Gasteiger partial charge in [0.15, 0.2) is 0 Å². The highest BCUT2D eigenvalue weighted by molar-refractivity contribution is 7.09.